The molecule has 0 bridgehead atoms. The van der Waals surface area contributed by atoms with Crippen LogP contribution in [0.25, 0.3) is 61.7 Å². The number of nitrogens with zero attached hydrogens (tertiary/aromatic N) is 6. The van der Waals surface area contributed by atoms with E-state index in [1.54, 1.807) is 6.92 Å². The van der Waals surface area contributed by atoms with E-state index >= 15 is 0 Å². The molecule has 64 heavy (non-hydrogen) atoms. The number of aromatic nitrogens is 6. The second-order valence-corrected chi connectivity index (χ2v) is 17.6. The van der Waals surface area contributed by atoms with Crippen molar-refractivity contribution in [3.63, 3.8) is 0 Å². The van der Waals surface area contributed by atoms with Gasteiger partial charge in [0, 0.05) is 46.7 Å². The number of rotatable bonds is 10. The molecule has 0 radical (unpaired) electrons. The van der Waals surface area contributed by atoms with Crippen LogP contribution in [0.2, 0.25) is 0 Å². The molecule has 9 heteroatoms. The Morgan fingerprint density at radius 3 is 1.97 bits per heavy atom. The molecule has 4 aromatic heterocycles. The number of aryl methyl sites for hydroxylation is 1. The molecule has 10 rings (SSSR count). The molecule has 0 atom stereocenters. The lowest BCUT2D eigenvalue weighted by molar-refractivity contribution is -0.122. The number of imidazole rings is 1. The summed E-state index contributed by atoms with van der Waals surface area (Å²) in [5.74, 6) is 1.79. The predicted octanol–water partition coefficient (Wildman–Crippen LogP) is 12.0. The average molecular weight is 845 g/mol. The summed E-state index contributed by atoms with van der Waals surface area (Å²) in [6.45, 7) is 10.0. The zero-order valence-corrected chi connectivity index (χ0v) is 37.4. The van der Waals surface area contributed by atoms with Gasteiger partial charge in [-0.1, -0.05) is 117 Å². The molecule has 2 saturated carbocycles. The van der Waals surface area contributed by atoms with Crippen molar-refractivity contribution in [2.45, 2.75) is 84.2 Å². The first kappa shape index (κ1) is 42.3. The lowest BCUT2D eigenvalue weighted by atomic mass is 9.71. The van der Waals surface area contributed by atoms with E-state index in [2.05, 4.69) is 148 Å². The van der Waals surface area contributed by atoms with E-state index in [4.69, 9.17) is 15.7 Å². The largest absolute Gasteiger partial charge is 0.347 e. The van der Waals surface area contributed by atoms with Crippen LogP contribution in [0.15, 0.2) is 152 Å². The van der Waals surface area contributed by atoms with Gasteiger partial charge in [-0.05, 0) is 117 Å². The van der Waals surface area contributed by atoms with Crippen molar-refractivity contribution in [3.8, 4) is 34.0 Å². The van der Waals surface area contributed by atoms with Gasteiger partial charge in [0.05, 0.1) is 22.9 Å². The van der Waals surface area contributed by atoms with Crippen LogP contribution in [-0.2, 0) is 15.9 Å². The topological polar surface area (TPSA) is 117 Å². The lowest BCUT2D eigenvalue weighted by Gasteiger charge is -2.43. The van der Waals surface area contributed by atoms with Crippen LogP contribution in [0.5, 0.6) is 0 Å². The first-order chi connectivity index (χ1) is 31.1. The van der Waals surface area contributed by atoms with Crippen molar-refractivity contribution in [2.75, 3.05) is 0 Å². The highest BCUT2D eigenvalue weighted by Crippen LogP contribution is 2.42. The Kier molecular flexibility index (Phi) is 11.7. The fourth-order valence-electron chi connectivity index (χ4n) is 9.20. The molecular formula is C55H56N8O. The van der Waals surface area contributed by atoms with Crippen LogP contribution in [0.3, 0.4) is 0 Å². The van der Waals surface area contributed by atoms with Gasteiger partial charge in [0.25, 0.3) is 0 Å². The fraction of sp³-hybridized carbons (Fsp3) is 0.255. The number of nitrogens with one attached hydrogen (secondary N) is 1. The number of hydrogen-bond acceptors (Lipinski definition) is 6. The third-order valence-electron chi connectivity index (χ3n) is 13.0. The lowest BCUT2D eigenvalue weighted by Crippen LogP contribution is -2.50. The zero-order chi connectivity index (χ0) is 44.4. The molecule has 0 unspecified atom stereocenters. The zero-order valence-electron chi connectivity index (χ0n) is 37.4. The Morgan fingerprint density at radius 1 is 0.766 bits per heavy atom. The number of carbonyl (C=O) groups is 1. The highest BCUT2D eigenvalue weighted by molar-refractivity contribution is 5.90. The van der Waals surface area contributed by atoms with Gasteiger partial charge in [0.15, 0.2) is 11.5 Å². The standard InChI is InChI=1S/C31H33N5O.C24H23N3/c1-5-6-13-26(21(2)3)29-33-27-20-32-28(23-11-8-7-9-12-23)34-30(27)36(29)25-16-14-24(15-17-25)31(18-10-19-31)35-22(4)37;1-17-21-16-23(18-6-3-2-4-7-18)27(22(21)12-15-26-17)20-10-8-19(9-11-20)24(25)13-5-14-24/h5-9,11-17,20-21H,10,18-19H2,1-4H3,(H,35,37);2-4,6-12,15-16H,5,13-14,25H2,1H3/b6-5-,26-13+;. The highest BCUT2D eigenvalue weighted by Gasteiger charge is 2.39. The molecule has 9 nitrogen and oxygen atoms in total. The van der Waals surface area contributed by atoms with Crippen LogP contribution in [0, 0.1) is 12.8 Å². The highest BCUT2D eigenvalue weighted by atomic mass is 16.1. The summed E-state index contributed by atoms with van der Waals surface area (Å²) in [7, 11) is 0. The minimum absolute atomic E-state index is 0.00694. The molecule has 322 valence electrons. The molecule has 2 aliphatic carbocycles. The Bertz CT molecular complexity index is 2990. The van der Waals surface area contributed by atoms with E-state index in [-0.39, 0.29) is 22.9 Å². The van der Waals surface area contributed by atoms with Gasteiger partial charge >= 0.3 is 0 Å². The molecule has 0 spiro atoms. The van der Waals surface area contributed by atoms with Gasteiger partial charge in [0.2, 0.25) is 5.91 Å². The number of pyridine rings is 1. The summed E-state index contributed by atoms with van der Waals surface area (Å²) < 4.78 is 4.46. The first-order valence-corrected chi connectivity index (χ1v) is 22.5. The summed E-state index contributed by atoms with van der Waals surface area (Å²) in [5, 5.41) is 4.38. The monoisotopic (exact) mass is 844 g/mol. The number of carbonyl (C=O) groups excluding carboxylic acids is 1. The SMILES string of the molecule is C/C=C\C=C(\c1nc2cnc(-c3ccccc3)nc2n1-c1ccc(C2(NC(C)=O)CCC2)cc1)C(C)C.Cc1nccc2c1cc(-c1ccccc1)n2-c1ccc(C2(N)CCC2)cc1. The van der Waals surface area contributed by atoms with Crippen LogP contribution < -0.4 is 11.1 Å². The summed E-state index contributed by atoms with van der Waals surface area (Å²) in [6.07, 6.45) is 16.3. The minimum atomic E-state index is -0.262. The average Bonchev–Trinajstić information content (AvgIpc) is 3.87. The van der Waals surface area contributed by atoms with Gasteiger partial charge in [-0.15, -0.1) is 0 Å². The summed E-state index contributed by atoms with van der Waals surface area (Å²) in [4.78, 5) is 31.0. The molecule has 3 N–H and O–H groups in total. The second kappa shape index (κ2) is 17.7. The van der Waals surface area contributed by atoms with Crippen molar-refractivity contribution in [3.05, 3.63) is 175 Å². The summed E-state index contributed by atoms with van der Waals surface area (Å²) in [5.41, 5.74) is 18.8. The van der Waals surface area contributed by atoms with Gasteiger partial charge in [-0.3, -0.25) is 14.3 Å². The molecule has 0 aliphatic heterocycles. The fourth-order valence-corrected chi connectivity index (χ4v) is 9.20. The molecule has 4 aromatic carbocycles. The van der Waals surface area contributed by atoms with Gasteiger partial charge in [-0.25, -0.2) is 15.0 Å². The van der Waals surface area contributed by atoms with E-state index in [0.717, 1.165) is 82.9 Å². The minimum Gasteiger partial charge on any atom is -0.347 e. The van der Waals surface area contributed by atoms with E-state index in [1.807, 2.05) is 55.7 Å². The normalized spacial score (nSPS) is 15.5. The number of hydrogen-bond donors (Lipinski definition) is 2. The third-order valence-corrected chi connectivity index (χ3v) is 13.0. The number of amides is 1. The molecular weight excluding hydrogens is 789 g/mol. The first-order valence-electron chi connectivity index (χ1n) is 22.5. The third kappa shape index (κ3) is 8.08. The maximum atomic E-state index is 11.9. The van der Waals surface area contributed by atoms with Crippen LogP contribution in [0.4, 0.5) is 0 Å². The van der Waals surface area contributed by atoms with Gasteiger partial charge < -0.3 is 15.6 Å². The molecule has 1 amide bonds. The van der Waals surface area contributed by atoms with Crippen molar-refractivity contribution in [1.29, 1.82) is 0 Å². The Morgan fingerprint density at radius 2 is 1.39 bits per heavy atom. The predicted molar refractivity (Wildman–Crippen MR) is 260 cm³/mol. The molecule has 2 aliphatic rings. The van der Waals surface area contributed by atoms with Crippen molar-refractivity contribution >= 4 is 33.5 Å². The number of benzene rings is 4. The Hall–Kier alpha value is -6.97. The summed E-state index contributed by atoms with van der Waals surface area (Å²) >= 11 is 0. The molecule has 4 heterocycles. The summed E-state index contributed by atoms with van der Waals surface area (Å²) in [6, 6.07) is 42.2. The second-order valence-electron chi connectivity index (χ2n) is 17.6. The van der Waals surface area contributed by atoms with Crippen molar-refractivity contribution in [1.82, 2.24) is 34.4 Å². The number of allylic oxidation sites excluding steroid dienone is 4. The maximum absolute atomic E-state index is 11.9. The van der Waals surface area contributed by atoms with E-state index in [9.17, 15) is 4.79 Å². The van der Waals surface area contributed by atoms with Gasteiger partial charge in [-0.2, -0.15) is 0 Å². The number of nitrogens with two attached hydrogens (primary N) is 1. The Labute approximate surface area is 375 Å². The van der Waals surface area contributed by atoms with Crippen molar-refractivity contribution in [2.24, 2.45) is 11.7 Å². The van der Waals surface area contributed by atoms with E-state index < -0.39 is 0 Å². The quantitative estimate of drug-likeness (QED) is 0.132. The maximum Gasteiger partial charge on any atom is 0.217 e. The number of fused-ring (bicyclic) bond motifs is 2. The molecule has 2 fully saturated rings. The molecule has 0 saturated heterocycles. The smallest absolute Gasteiger partial charge is 0.217 e. The van der Waals surface area contributed by atoms with E-state index in [0.29, 0.717) is 5.82 Å². The van der Waals surface area contributed by atoms with Crippen molar-refractivity contribution < 1.29 is 4.79 Å². The van der Waals surface area contributed by atoms with Crippen LogP contribution in [0.1, 0.15) is 88.9 Å². The van der Waals surface area contributed by atoms with Crippen LogP contribution in [-0.4, -0.2) is 35.0 Å². The molecule has 8 aromatic rings. The van der Waals surface area contributed by atoms with Crippen LogP contribution >= 0.6 is 0 Å². The van der Waals surface area contributed by atoms with Gasteiger partial charge in [0.1, 0.15) is 11.3 Å². The Balaban J connectivity index is 0.000000170. The van der Waals surface area contributed by atoms with E-state index in [1.165, 1.54) is 34.1 Å².